The molecule has 0 saturated carbocycles. The molecule has 0 aliphatic carbocycles. The van der Waals surface area contributed by atoms with Crippen molar-refractivity contribution in [1.29, 1.82) is 0 Å². The Balaban J connectivity index is 0.00000106. The fourth-order valence-electron chi connectivity index (χ4n) is 0.982. The maximum absolute atomic E-state index is 10.3. The van der Waals surface area contributed by atoms with Gasteiger partial charge in [-0.2, -0.15) is 0 Å². The topological polar surface area (TPSA) is 58.6 Å². The molecule has 0 atom stereocenters. The molecule has 16 heavy (non-hydrogen) atoms. The summed E-state index contributed by atoms with van der Waals surface area (Å²) < 4.78 is 5.02. The molecule has 0 heterocycles. The van der Waals surface area contributed by atoms with Crippen molar-refractivity contribution in [2.24, 2.45) is 0 Å². The zero-order chi connectivity index (χ0) is 12.6. The number of methoxy groups -OCH3 is 1. The summed E-state index contributed by atoms with van der Waals surface area (Å²) in [5.41, 5.74) is 0.610. The van der Waals surface area contributed by atoms with Crippen LogP contribution in [0, 0.1) is 0 Å². The van der Waals surface area contributed by atoms with E-state index >= 15 is 0 Å². The Bertz CT molecular complexity index is 347. The fourth-order valence-corrected chi connectivity index (χ4v) is 1.14. The summed E-state index contributed by atoms with van der Waals surface area (Å²) in [6, 6.07) is 4.95. The molecule has 4 nitrogen and oxygen atoms in total. The second kappa shape index (κ2) is 8.24. The highest BCUT2D eigenvalue weighted by Gasteiger charge is 2.04. The summed E-state index contributed by atoms with van der Waals surface area (Å²) in [5.74, 6) is 1.41. The summed E-state index contributed by atoms with van der Waals surface area (Å²) >= 11 is 8.67. The molecule has 1 aromatic rings. The van der Waals surface area contributed by atoms with Crippen molar-refractivity contribution in [1.82, 2.24) is 0 Å². The van der Waals surface area contributed by atoms with E-state index in [2.05, 4.69) is 21.2 Å². The van der Waals surface area contributed by atoms with Gasteiger partial charge in [0.25, 0.3) is 0 Å². The van der Waals surface area contributed by atoms with Crippen molar-refractivity contribution in [2.45, 2.75) is 0 Å². The number of ether oxygens (including phenoxy) is 1. The number of carbonyl (C=O) groups is 1. The molecule has 0 amide bonds. The van der Waals surface area contributed by atoms with Crippen molar-refractivity contribution in [3.63, 3.8) is 0 Å². The highest BCUT2D eigenvalue weighted by atomic mass is 79.9. The van der Waals surface area contributed by atoms with E-state index < -0.39 is 5.97 Å². The summed E-state index contributed by atoms with van der Waals surface area (Å²) in [6.07, 6.45) is 0. The molecule has 0 fully saturated rings. The smallest absolute Gasteiger partial charge is 0.322 e. The van der Waals surface area contributed by atoms with Gasteiger partial charge in [-0.25, -0.2) is 0 Å². The Morgan fingerprint density at radius 1 is 1.56 bits per heavy atom. The predicted molar refractivity (Wildman–Crippen MR) is 69.0 cm³/mol. The molecule has 0 spiro atoms. The number of carboxylic acids is 1. The zero-order valence-corrected chi connectivity index (χ0v) is 11.3. The second-order valence-corrected chi connectivity index (χ2v) is 3.03. The first-order valence-electron chi connectivity index (χ1n) is 4.30. The minimum Gasteiger partial charge on any atom is -0.495 e. The van der Waals surface area contributed by atoms with Gasteiger partial charge in [0.15, 0.2) is 0 Å². The van der Waals surface area contributed by atoms with Crippen LogP contribution in [0.2, 0.25) is 5.02 Å². The molecule has 90 valence electrons. The lowest BCUT2D eigenvalue weighted by atomic mass is 10.3. The molecule has 0 aliphatic heterocycles. The Morgan fingerprint density at radius 3 is 2.69 bits per heavy atom. The van der Waals surface area contributed by atoms with Crippen molar-refractivity contribution in [3.8, 4) is 5.75 Å². The van der Waals surface area contributed by atoms with Gasteiger partial charge in [-0.1, -0.05) is 27.5 Å². The normalized spacial score (nSPS) is 8.75. The number of rotatable bonds is 4. The highest BCUT2D eigenvalue weighted by molar-refractivity contribution is 9.08. The van der Waals surface area contributed by atoms with Gasteiger partial charge >= 0.3 is 5.97 Å². The maximum atomic E-state index is 10.3. The molecule has 1 rings (SSSR count). The summed E-state index contributed by atoms with van der Waals surface area (Å²) in [7, 11) is 1.50. The van der Waals surface area contributed by atoms with Crippen LogP contribution in [0.1, 0.15) is 0 Å². The number of anilines is 1. The van der Waals surface area contributed by atoms with Crippen LogP contribution in [-0.4, -0.2) is 30.6 Å². The molecule has 0 bridgehead atoms. The van der Waals surface area contributed by atoms with Crippen molar-refractivity contribution in [2.75, 3.05) is 24.8 Å². The number of benzene rings is 1. The van der Waals surface area contributed by atoms with Gasteiger partial charge in [-0.05, 0) is 18.0 Å². The third kappa shape index (κ3) is 5.23. The van der Waals surface area contributed by atoms with Gasteiger partial charge in [0.2, 0.25) is 0 Å². The Kier molecular flexibility index (Phi) is 7.76. The molecule has 0 radical (unpaired) electrons. The van der Waals surface area contributed by atoms with Gasteiger partial charge in [0.05, 0.1) is 12.8 Å². The molecular formula is C10H13BrClNO3. The van der Waals surface area contributed by atoms with Crippen molar-refractivity contribution >= 4 is 39.2 Å². The number of aliphatic carboxylic acids is 1. The summed E-state index contributed by atoms with van der Waals surface area (Å²) in [4.78, 5) is 10.3. The average molecular weight is 311 g/mol. The first-order valence-corrected chi connectivity index (χ1v) is 6.27. The zero-order valence-electron chi connectivity index (χ0n) is 8.96. The Morgan fingerprint density at radius 2 is 2.19 bits per heavy atom. The quantitative estimate of drug-likeness (QED) is 0.840. The first-order chi connectivity index (χ1) is 7.63. The van der Waals surface area contributed by atoms with Crippen LogP contribution in [0.25, 0.3) is 0 Å². The van der Waals surface area contributed by atoms with E-state index in [1.165, 1.54) is 7.11 Å². The van der Waals surface area contributed by atoms with E-state index in [9.17, 15) is 4.79 Å². The number of carboxylic acid groups (broad SMARTS) is 1. The third-order valence-electron chi connectivity index (χ3n) is 1.59. The Labute approximate surface area is 108 Å². The highest BCUT2D eigenvalue weighted by Crippen LogP contribution is 2.27. The molecular weight excluding hydrogens is 297 g/mol. The number of nitrogens with one attached hydrogen (secondary N) is 1. The van der Waals surface area contributed by atoms with E-state index in [0.29, 0.717) is 16.5 Å². The van der Waals surface area contributed by atoms with E-state index in [1.807, 2.05) is 5.83 Å². The predicted octanol–water partition coefficient (Wildman–Crippen LogP) is 2.86. The van der Waals surface area contributed by atoms with Crippen LogP contribution < -0.4 is 10.1 Å². The molecule has 0 unspecified atom stereocenters. The second-order valence-electron chi connectivity index (χ2n) is 2.59. The maximum Gasteiger partial charge on any atom is 0.322 e. The van der Waals surface area contributed by atoms with Gasteiger partial charge in [-0.15, -0.1) is 0 Å². The van der Waals surface area contributed by atoms with Crippen LogP contribution in [0.3, 0.4) is 0 Å². The van der Waals surface area contributed by atoms with Crippen molar-refractivity contribution < 1.29 is 14.6 Å². The lowest BCUT2D eigenvalue weighted by Crippen LogP contribution is -2.12. The number of alkyl halides is 1. The van der Waals surface area contributed by atoms with E-state index in [4.69, 9.17) is 21.4 Å². The van der Waals surface area contributed by atoms with Gasteiger partial charge in [-0.3, -0.25) is 4.79 Å². The van der Waals surface area contributed by atoms with Crippen molar-refractivity contribution in [3.05, 3.63) is 23.2 Å². The molecule has 6 heteroatoms. The number of hydrogen-bond donors (Lipinski definition) is 2. The first kappa shape index (κ1) is 15.1. The third-order valence-corrected chi connectivity index (χ3v) is 1.83. The van der Waals surface area contributed by atoms with Crippen LogP contribution in [0.4, 0.5) is 5.69 Å². The standard InChI is InChI=1S/C9H10ClNO3.CH3Br/c1-14-8-4-6(10)2-3-7(8)11-5-9(12)13;1-2/h2-4,11H,5H2,1H3,(H,12,13);1H3. The fraction of sp³-hybridized carbons (Fsp3) is 0.300. The summed E-state index contributed by atoms with van der Waals surface area (Å²) in [5, 5.41) is 11.7. The van der Waals surface area contributed by atoms with Crippen LogP contribution >= 0.6 is 27.5 Å². The Hall–Kier alpha value is -0.940. The van der Waals surface area contributed by atoms with E-state index in [-0.39, 0.29) is 6.54 Å². The van der Waals surface area contributed by atoms with Crippen LogP contribution in [0.15, 0.2) is 18.2 Å². The lowest BCUT2D eigenvalue weighted by Gasteiger charge is -2.09. The minimum atomic E-state index is -0.929. The van der Waals surface area contributed by atoms with Gasteiger partial charge in [0, 0.05) is 11.1 Å². The minimum absolute atomic E-state index is 0.155. The van der Waals surface area contributed by atoms with E-state index in [0.717, 1.165) is 0 Å². The summed E-state index contributed by atoms with van der Waals surface area (Å²) in [6.45, 7) is -0.155. The van der Waals surface area contributed by atoms with Crippen LogP contribution in [0.5, 0.6) is 5.75 Å². The molecule has 0 saturated heterocycles. The molecule has 0 aromatic heterocycles. The lowest BCUT2D eigenvalue weighted by molar-refractivity contribution is -0.134. The van der Waals surface area contributed by atoms with Gasteiger partial charge < -0.3 is 15.2 Å². The molecule has 1 aromatic carbocycles. The monoisotopic (exact) mass is 309 g/mol. The SMILES string of the molecule is CBr.COc1cc(Cl)ccc1NCC(=O)O. The molecule has 0 aliphatic rings. The number of hydrogen-bond acceptors (Lipinski definition) is 3. The number of halogens is 2. The van der Waals surface area contributed by atoms with Crippen LogP contribution in [-0.2, 0) is 4.79 Å². The molecule has 2 N–H and O–H groups in total. The average Bonchev–Trinajstić information content (AvgIpc) is 2.29. The van der Waals surface area contributed by atoms with Gasteiger partial charge in [0.1, 0.15) is 12.3 Å². The van der Waals surface area contributed by atoms with E-state index in [1.54, 1.807) is 18.2 Å². The largest absolute Gasteiger partial charge is 0.495 e.